The van der Waals surface area contributed by atoms with Crippen molar-refractivity contribution in [3.8, 4) is 5.69 Å². The number of para-hydroxylation sites is 2. The number of benzene rings is 3. The molecule has 30 heavy (non-hydrogen) atoms. The summed E-state index contributed by atoms with van der Waals surface area (Å²) in [5, 5.41) is 3.89. The van der Waals surface area contributed by atoms with Crippen molar-refractivity contribution in [1.29, 1.82) is 0 Å². The van der Waals surface area contributed by atoms with Crippen LogP contribution < -0.4 is 5.32 Å². The van der Waals surface area contributed by atoms with Gasteiger partial charge in [-0.25, -0.2) is 4.98 Å². The molecule has 1 amide bonds. The summed E-state index contributed by atoms with van der Waals surface area (Å²) in [6.45, 7) is 8.20. The maximum Gasteiger partial charge on any atom is 0.234 e. The molecule has 4 rings (SSSR count). The Morgan fingerprint density at radius 2 is 1.60 bits per heavy atom. The monoisotopic (exact) mass is 415 g/mol. The third-order valence-electron chi connectivity index (χ3n) is 5.10. The van der Waals surface area contributed by atoms with Gasteiger partial charge in [0.2, 0.25) is 5.91 Å². The molecule has 1 N–H and O–H groups in total. The van der Waals surface area contributed by atoms with Crippen LogP contribution in [0.25, 0.3) is 16.7 Å². The summed E-state index contributed by atoms with van der Waals surface area (Å²) >= 11 is 1.45. The predicted molar refractivity (Wildman–Crippen MR) is 126 cm³/mol. The molecule has 5 heteroatoms. The van der Waals surface area contributed by atoms with Crippen molar-refractivity contribution in [2.24, 2.45) is 0 Å². The van der Waals surface area contributed by atoms with Gasteiger partial charge in [0.25, 0.3) is 0 Å². The van der Waals surface area contributed by atoms with Gasteiger partial charge in [-0.3, -0.25) is 9.36 Å². The molecule has 4 nitrogen and oxygen atoms in total. The Kier molecular flexibility index (Phi) is 5.64. The van der Waals surface area contributed by atoms with Crippen molar-refractivity contribution in [2.75, 3.05) is 11.1 Å². The number of imidazole rings is 1. The van der Waals surface area contributed by atoms with Crippen LogP contribution in [0.15, 0.2) is 65.8 Å². The van der Waals surface area contributed by atoms with E-state index in [0.717, 1.165) is 38.7 Å². The first-order chi connectivity index (χ1) is 14.4. The Hall–Kier alpha value is -3.05. The largest absolute Gasteiger partial charge is 0.325 e. The van der Waals surface area contributed by atoms with Crippen molar-refractivity contribution >= 4 is 34.4 Å². The number of thioether (sulfide) groups is 1. The molecule has 0 aliphatic heterocycles. The fourth-order valence-corrected chi connectivity index (χ4v) is 4.55. The van der Waals surface area contributed by atoms with Crippen LogP contribution in [0.5, 0.6) is 0 Å². The van der Waals surface area contributed by atoms with Crippen molar-refractivity contribution in [3.63, 3.8) is 0 Å². The zero-order valence-electron chi connectivity index (χ0n) is 17.7. The first-order valence-electron chi connectivity index (χ1n) is 9.97. The van der Waals surface area contributed by atoms with E-state index in [1.54, 1.807) is 0 Å². The van der Waals surface area contributed by atoms with Crippen LogP contribution in [-0.2, 0) is 4.79 Å². The van der Waals surface area contributed by atoms with Gasteiger partial charge in [-0.05, 0) is 63.1 Å². The smallest absolute Gasteiger partial charge is 0.234 e. The molecule has 0 bridgehead atoms. The Morgan fingerprint density at radius 1 is 0.933 bits per heavy atom. The van der Waals surface area contributed by atoms with Crippen molar-refractivity contribution in [2.45, 2.75) is 32.9 Å². The third-order valence-corrected chi connectivity index (χ3v) is 6.03. The molecule has 152 valence electrons. The van der Waals surface area contributed by atoms with E-state index < -0.39 is 0 Å². The van der Waals surface area contributed by atoms with E-state index in [9.17, 15) is 4.79 Å². The Morgan fingerprint density at radius 3 is 2.30 bits per heavy atom. The molecule has 0 fully saturated rings. The van der Waals surface area contributed by atoms with Crippen LogP contribution in [-0.4, -0.2) is 21.2 Å². The summed E-state index contributed by atoms with van der Waals surface area (Å²) in [6, 6.07) is 20.6. The highest BCUT2D eigenvalue weighted by Crippen LogP contribution is 2.29. The molecule has 0 aliphatic carbocycles. The lowest BCUT2D eigenvalue weighted by Crippen LogP contribution is -2.16. The van der Waals surface area contributed by atoms with E-state index in [0.29, 0.717) is 5.75 Å². The van der Waals surface area contributed by atoms with Crippen LogP contribution in [0.3, 0.4) is 0 Å². The summed E-state index contributed by atoms with van der Waals surface area (Å²) in [7, 11) is 0. The highest BCUT2D eigenvalue weighted by Gasteiger charge is 2.15. The number of hydrogen-bond donors (Lipinski definition) is 1. The quantitative estimate of drug-likeness (QED) is 0.407. The summed E-state index contributed by atoms with van der Waals surface area (Å²) in [4.78, 5) is 17.5. The minimum absolute atomic E-state index is 0.0300. The van der Waals surface area contributed by atoms with Gasteiger partial charge in [0.15, 0.2) is 5.16 Å². The molecule has 4 aromatic rings. The van der Waals surface area contributed by atoms with Crippen LogP contribution in [0.2, 0.25) is 0 Å². The first-order valence-corrected chi connectivity index (χ1v) is 11.0. The molecule has 0 spiro atoms. The topological polar surface area (TPSA) is 46.9 Å². The number of hydrogen-bond acceptors (Lipinski definition) is 3. The lowest BCUT2D eigenvalue weighted by molar-refractivity contribution is -0.113. The van der Waals surface area contributed by atoms with Crippen LogP contribution in [0.4, 0.5) is 5.69 Å². The van der Waals surface area contributed by atoms with E-state index in [-0.39, 0.29) is 5.91 Å². The number of carbonyl (C=O) groups excluding carboxylic acids is 1. The average Bonchev–Trinajstić information content (AvgIpc) is 3.08. The minimum atomic E-state index is -0.0300. The number of fused-ring (bicyclic) bond motifs is 1. The lowest BCUT2D eigenvalue weighted by Gasteiger charge is -2.13. The van der Waals surface area contributed by atoms with Gasteiger partial charge in [-0.2, -0.15) is 0 Å². The van der Waals surface area contributed by atoms with Crippen LogP contribution in [0.1, 0.15) is 22.3 Å². The Balaban J connectivity index is 1.59. The van der Waals surface area contributed by atoms with E-state index in [1.807, 2.05) is 32.0 Å². The van der Waals surface area contributed by atoms with E-state index in [2.05, 4.69) is 66.2 Å². The van der Waals surface area contributed by atoms with Gasteiger partial charge >= 0.3 is 0 Å². The SMILES string of the molecule is Cc1ccc(-n2c(SCC(=O)Nc3c(C)cc(C)cc3C)nc3ccccc32)cc1. The highest BCUT2D eigenvalue weighted by atomic mass is 32.2. The summed E-state index contributed by atoms with van der Waals surface area (Å²) < 4.78 is 2.12. The molecule has 1 aromatic heterocycles. The zero-order chi connectivity index (χ0) is 21.3. The molecule has 3 aromatic carbocycles. The van der Waals surface area contributed by atoms with Gasteiger partial charge in [-0.1, -0.05) is 59.3 Å². The van der Waals surface area contributed by atoms with Gasteiger partial charge in [0.05, 0.1) is 16.8 Å². The number of anilines is 1. The second-order valence-corrected chi connectivity index (χ2v) is 8.61. The lowest BCUT2D eigenvalue weighted by atomic mass is 10.1. The Labute approximate surface area is 181 Å². The van der Waals surface area contributed by atoms with E-state index in [1.165, 1.54) is 22.9 Å². The number of aryl methyl sites for hydroxylation is 4. The van der Waals surface area contributed by atoms with Gasteiger partial charge < -0.3 is 5.32 Å². The van der Waals surface area contributed by atoms with Crippen LogP contribution in [0, 0.1) is 27.7 Å². The molecular formula is C25H25N3OS. The van der Waals surface area contributed by atoms with Crippen molar-refractivity contribution in [3.05, 3.63) is 82.9 Å². The predicted octanol–water partition coefficient (Wildman–Crippen LogP) is 5.99. The van der Waals surface area contributed by atoms with Gasteiger partial charge in [-0.15, -0.1) is 0 Å². The number of carbonyl (C=O) groups is 1. The second-order valence-electron chi connectivity index (χ2n) is 7.66. The number of rotatable bonds is 5. The maximum absolute atomic E-state index is 12.7. The number of nitrogens with one attached hydrogen (secondary N) is 1. The molecule has 0 atom stereocenters. The normalized spacial score (nSPS) is 11.1. The fourth-order valence-electron chi connectivity index (χ4n) is 3.73. The number of aromatic nitrogens is 2. The van der Waals surface area contributed by atoms with Gasteiger partial charge in [0, 0.05) is 11.4 Å². The molecule has 0 saturated heterocycles. The zero-order valence-corrected chi connectivity index (χ0v) is 18.5. The van der Waals surface area contributed by atoms with E-state index in [4.69, 9.17) is 4.98 Å². The number of nitrogens with zero attached hydrogens (tertiary/aromatic N) is 2. The molecule has 1 heterocycles. The third kappa shape index (κ3) is 4.12. The fraction of sp³-hybridized carbons (Fsp3) is 0.200. The van der Waals surface area contributed by atoms with Gasteiger partial charge in [0.1, 0.15) is 0 Å². The molecular weight excluding hydrogens is 390 g/mol. The van der Waals surface area contributed by atoms with Crippen molar-refractivity contribution in [1.82, 2.24) is 9.55 Å². The molecule has 0 saturated carbocycles. The minimum Gasteiger partial charge on any atom is -0.325 e. The standard InChI is InChI=1S/C25H25N3OS/c1-16-9-11-20(12-10-16)28-22-8-6-5-7-21(22)26-25(28)30-15-23(29)27-24-18(3)13-17(2)14-19(24)4/h5-14H,15H2,1-4H3,(H,27,29). The summed E-state index contributed by atoms with van der Waals surface area (Å²) in [6.07, 6.45) is 0. The molecule has 0 aliphatic rings. The maximum atomic E-state index is 12.7. The summed E-state index contributed by atoms with van der Waals surface area (Å²) in [5.74, 6) is 0.264. The van der Waals surface area contributed by atoms with E-state index >= 15 is 0 Å². The Bertz CT molecular complexity index is 1200. The molecule has 0 unspecified atom stereocenters. The summed E-state index contributed by atoms with van der Waals surface area (Å²) in [5.41, 5.74) is 8.47. The first kappa shape index (κ1) is 20.2. The highest BCUT2D eigenvalue weighted by molar-refractivity contribution is 7.99. The second kappa shape index (κ2) is 8.36. The van der Waals surface area contributed by atoms with Crippen LogP contribution >= 0.6 is 11.8 Å². The average molecular weight is 416 g/mol. The van der Waals surface area contributed by atoms with Crippen molar-refractivity contribution < 1.29 is 4.79 Å². The molecule has 0 radical (unpaired) electrons. The number of amides is 1.